The highest BCUT2D eigenvalue weighted by atomic mass is 15.1. The minimum absolute atomic E-state index is 1.07. The van der Waals surface area contributed by atoms with Gasteiger partial charge in [0.1, 0.15) is 0 Å². The third-order valence-electron chi connectivity index (χ3n) is 2.10. The summed E-state index contributed by atoms with van der Waals surface area (Å²) in [6.07, 6.45) is 15.6. The predicted octanol–water partition coefficient (Wildman–Crippen LogP) is 4.21. The molecular weight excluding hydrogens is 194 g/mol. The molecule has 0 unspecified atom stereocenters. The summed E-state index contributed by atoms with van der Waals surface area (Å²) >= 11 is 0. The SMILES string of the molecule is C=C/C=C\C(=C/C=C)N(C)C(/C=C\C)=C/C. The first-order valence-corrected chi connectivity index (χ1v) is 5.35. The van der Waals surface area contributed by atoms with Gasteiger partial charge in [-0.05, 0) is 32.1 Å². The summed E-state index contributed by atoms with van der Waals surface area (Å²) < 4.78 is 0. The van der Waals surface area contributed by atoms with Gasteiger partial charge in [-0.3, -0.25) is 0 Å². The summed E-state index contributed by atoms with van der Waals surface area (Å²) in [6, 6.07) is 0. The van der Waals surface area contributed by atoms with Crippen molar-refractivity contribution in [2.75, 3.05) is 7.05 Å². The molecule has 0 spiro atoms. The van der Waals surface area contributed by atoms with Crippen molar-refractivity contribution in [3.8, 4) is 0 Å². The molecule has 0 heterocycles. The van der Waals surface area contributed by atoms with Crippen molar-refractivity contribution in [1.82, 2.24) is 4.90 Å². The molecule has 0 saturated carbocycles. The van der Waals surface area contributed by atoms with Crippen LogP contribution in [0.3, 0.4) is 0 Å². The third kappa shape index (κ3) is 4.65. The lowest BCUT2D eigenvalue weighted by molar-refractivity contribution is 0.553. The summed E-state index contributed by atoms with van der Waals surface area (Å²) in [7, 11) is 2.03. The van der Waals surface area contributed by atoms with Crippen molar-refractivity contribution < 1.29 is 0 Å². The lowest BCUT2D eigenvalue weighted by Gasteiger charge is -2.21. The van der Waals surface area contributed by atoms with Gasteiger partial charge >= 0.3 is 0 Å². The topological polar surface area (TPSA) is 3.24 Å². The molecule has 0 aromatic rings. The molecule has 0 aliphatic carbocycles. The zero-order valence-electron chi connectivity index (χ0n) is 10.5. The average Bonchev–Trinajstić information content (AvgIpc) is 2.30. The Morgan fingerprint density at radius 1 is 1.00 bits per heavy atom. The number of rotatable bonds is 6. The first-order valence-electron chi connectivity index (χ1n) is 5.35. The van der Waals surface area contributed by atoms with Crippen molar-refractivity contribution >= 4 is 0 Å². The largest absolute Gasteiger partial charge is 0.345 e. The van der Waals surface area contributed by atoms with E-state index >= 15 is 0 Å². The van der Waals surface area contributed by atoms with Gasteiger partial charge in [0.25, 0.3) is 0 Å². The maximum absolute atomic E-state index is 3.72. The van der Waals surface area contributed by atoms with Gasteiger partial charge in [0.15, 0.2) is 0 Å². The van der Waals surface area contributed by atoms with Gasteiger partial charge in [-0.25, -0.2) is 0 Å². The van der Waals surface area contributed by atoms with Gasteiger partial charge in [-0.2, -0.15) is 0 Å². The first kappa shape index (κ1) is 14.2. The minimum Gasteiger partial charge on any atom is -0.345 e. The average molecular weight is 215 g/mol. The highest BCUT2D eigenvalue weighted by molar-refractivity contribution is 5.30. The van der Waals surface area contributed by atoms with Crippen molar-refractivity contribution in [2.45, 2.75) is 13.8 Å². The van der Waals surface area contributed by atoms with Gasteiger partial charge in [-0.1, -0.05) is 43.5 Å². The van der Waals surface area contributed by atoms with E-state index in [0.29, 0.717) is 0 Å². The molecule has 1 heteroatoms. The molecular formula is C15H21N. The summed E-state index contributed by atoms with van der Waals surface area (Å²) in [5.74, 6) is 0. The Morgan fingerprint density at radius 2 is 1.69 bits per heavy atom. The van der Waals surface area contributed by atoms with Crippen molar-refractivity contribution in [2.24, 2.45) is 0 Å². The van der Waals surface area contributed by atoms with Crippen molar-refractivity contribution in [3.63, 3.8) is 0 Å². The first-order chi connectivity index (χ1) is 7.71. The van der Waals surface area contributed by atoms with E-state index in [9.17, 15) is 0 Å². The van der Waals surface area contributed by atoms with Gasteiger partial charge in [0.2, 0.25) is 0 Å². The van der Waals surface area contributed by atoms with Crippen LogP contribution in [0.4, 0.5) is 0 Å². The second kappa shape index (κ2) is 8.54. The van der Waals surface area contributed by atoms with Crippen LogP contribution in [0.2, 0.25) is 0 Å². The fourth-order valence-electron chi connectivity index (χ4n) is 1.29. The fourth-order valence-corrected chi connectivity index (χ4v) is 1.29. The van der Waals surface area contributed by atoms with E-state index in [0.717, 1.165) is 11.4 Å². The zero-order chi connectivity index (χ0) is 12.4. The maximum atomic E-state index is 3.72. The molecule has 0 bridgehead atoms. The molecule has 0 saturated heterocycles. The van der Waals surface area contributed by atoms with E-state index < -0.39 is 0 Å². The summed E-state index contributed by atoms with van der Waals surface area (Å²) in [5.41, 5.74) is 2.21. The highest BCUT2D eigenvalue weighted by Gasteiger charge is 2.02. The molecule has 0 aromatic carbocycles. The highest BCUT2D eigenvalue weighted by Crippen LogP contribution is 2.13. The Balaban J connectivity index is 5.07. The second-order valence-corrected chi connectivity index (χ2v) is 3.19. The number of allylic oxidation sites excluding steroid dienone is 8. The minimum atomic E-state index is 1.07. The molecule has 0 aromatic heterocycles. The quantitative estimate of drug-likeness (QED) is 0.600. The van der Waals surface area contributed by atoms with E-state index in [1.807, 2.05) is 45.2 Å². The molecule has 0 aliphatic rings. The monoisotopic (exact) mass is 215 g/mol. The van der Waals surface area contributed by atoms with Crippen molar-refractivity contribution in [3.05, 3.63) is 73.2 Å². The lowest BCUT2D eigenvalue weighted by atomic mass is 10.2. The van der Waals surface area contributed by atoms with Gasteiger partial charge < -0.3 is 4.90 Å². The summed E-state index contributed by atoms with van der Waals surface area (Å²) in [5, 5.41) is 0. The van der Waals surface area contributed by atoms with E-state index in [-0.39, 0.29) is 0 Å². The van der Waals surface area contributed by atoms with E-state index in [1.54, 1.807) is 12.2 Å². The van der Waals surface area contributed by atoms with Crippen LogP contribution in [0.15, 0.2) is 73.2 Å². The van der Waals surface area contributed by atoms with Crippen LogP contribution in [-0.2, 0) is 0 Å². The number of nitrogens with zero attached hydrogens (tertiary/aromatic N) is 1. The third-order valence-corrected chi connectivity index (χ3v) is 2.10. The van der Waals surface area contributed by atoms with Crippen LogP contribution in [-0.4, -0.2) is 11.9 Å². The number of hydrogen-bond donors (Lipinski definition) is 0. The fraction of sp³-hybridized carbons (Fsp3) is 0.200. The maximum Gasteiger partial charge on any atom is 0.0407 e. The van der Waals surface area contributed by atoms with Crippen LogP contribution in [0.25, 0.3) is 0 Å². The predicted molar refractivity (Wildman–Crippen MR) is 74.0 cm³/mol. The van der Waals surface area contributed by atoms with Crippen LogP contribution < -0.4 is 0 Å². The van der Waals surface area contributed by atoms with Gasteiger partial charge in [-0.15, -0.1) is 0 Å². The molecule has 16 heavy (non-hydrogen) atoms. The molecule has 0 fully saturated rings. The summed E-state index contributed by atoms with van der Waals surface area (Å²) in [6.45, 7) is 11.4. The van der Waals surface area contributed by atoms with Crippen LogP contribution >= 0.6 is 0 Å². The standard InChI is InChI=1S/C15H21N/c1-6-10-13-15(12-8-3)16(5)14(9-4)11-7-2/h6-13H,1,3H2,2,4-5H3/b11-7-,13-10-,14-9+,15-12+. The molecule has 0 N–H and O–H groups in total. The number of likely N-dealkylation sites (N-methyl/N-ethyl adjacent to an activating group) is 1. The molecule has 86 valence electrons. The normalized spacial score (nSPS) is 13.4. The zero-order valence-corrected chi connectivity index (χ0v) is 10.5. The molecule has 1 nitrogen and oxygen atoms in total. The summed E-state index contributed by atoms with van der Waals surface area (Å²) in [4.78, 5) is 2.10. The van der Waals surface area contributed by atoms with E-state index in [2.05, 4.69) is 30.2 Å². The van der Waals surface area contributed by atoms with E-state index in [1.165, 1.54) is 0 Å². The number of hydrogen-bond acceptors (Lipinski definition) is 1. The van der Waals surface area contributed by atoms with Crippen molar-refractivity contribution in [1.29, 1.82) is 0 Å². The second-order valence-electron chi connectivity index (χ2n) is 3.19. The molecule has 0 rings (SSSR count). The molecule has 0 aliphatic heterocycles. The van der Waals surface area contributed by atoms with E-state index in [4.69, 9.17) is 0 Å². The molecule has 0 radical (unpaired) electrons. The van der Waals surface area contributed by atoms with Crippen LogP contribution in [0.1, 0.15) is 13.8 Å². The van der Waals surface area contributed by atoms with Crippen LogP contribution in [0.5, 0.6) is 0 Å². The smallest absolute Gasteiger partial charge is 0.0407 e. The van der Waals surface area contributed by atoms with Gasteiger partial charge in [0.05, 0.1) is 0 Å². The molecule has 0 atom stereocenters. The Kier molecular flexibility index (Phi) is 7.60. The Bertz CT molecular complexity index is 340. The molecule has 0 amide bonds. The Hall–Kier alpha value is -1.76. The Labute approximate surface area is 99.5 Å². The van der Waals surface area contributed by atoms with Gasteiger partial charge in [0, 0.05) is 18.4 Å². The lowest BCUT2D eigenvalue weighted by Crippen LogP contribution is -2.14. The van der Waals surface area contributed by atoms with Crippen LogP contribution in [0, 0.1) is 0 Å². The Morgan fingerprint density at radius 3 is 2.12 bits per heavy atom.